The molecule has 4 N–H and O–H groups in total. The molecule has 3 heterocycles. The number of hydrogen-bond acceptors (Lipinski definition) is 5. The summed E-state index contributed by atoms with van der Waals surface area (Å²) in [6, 6.07) is 14.6. The first kappa shape index (κ1) is 27.3. The van der Waals surface area contributed by atoms with Crippen molar-refractivity contribution < 1.29 is 9.90 Å². The zero-order chi connectivity index (χ0) is 27.3. The lowest BCUT2D eigenvalue weighted by Gasteiger charge is -2.38. The predicted octanol–water partition coefficient (Wildman–Crippen LogP) is 4.18. The van der Waals surface area contributed by atoms with Gasteiger partial charge in [0.2, 0.25) is 0 Å². The molecule has 5 rings (SSSR count). The van der Waals surface area contributed by atoms with Crippen LogP contribution in [0.4, 0.5) is 0 Å². The third-order valence-electron chi connectivity index (χ3n) is 6.97. The van der Waals surface area contributed by atoms with Gasteiger partial charge in [-0.25, -0.2) is 4.98 Å². The molecule has 1 aromatic carbocycles. The van der Waals surface area contributed by atoms with E-state index >= 15 is 0 Å². The molecular weight excluding hydrogens is 478 g/mol. The minimum atomic E-state index is -0.439. The van der Waals surface area contributed by atoms with Gasteiger partial charge in [0.1, 0.15) is 11.3 Å². The van der Waals surface area contributed by atoms with Gasteiger partial charge in [-0.2, -0.15) is 0 Å². The Kier molecular flexibility index (Phi) is 8.44. The first-order valence-corrected chi connectivity index (χ1v) is 13.2. The number of benzene rings is 1. The molecular formula is C30H37N5O3. The maximum Gasteiger partial charge on any atom is 0.270 e. The Labute approximate surface area is 222 Å². The van der Waals surface area contributed by atoms with Crippen LogP contribution in [0.15, 0.2) is 71.7 Å². The van der Waals surface area contributed by atoms with Crippen molar-refractivity contribution in [1.29, 1.82) is 0 Å². The molecule has 0 spiro atoms. The van der Waals surface area contributed by atoms with E-state index in [-0.39, 0.29) is 16.7 Å². The summed E-state index contributed by atoms with van der Waals surface area (Å²) in [4.78, 5) is 32.6. The summed E-state index contributed by atoms with van der Waals surface area (Å²) in [7, 11) is 0. The summed E-state index contributed by atoms with van der Waals surface area (Å²) in [6.07, 6.45) is 6.13. The molecule has 0 saturated carbocycles. The van der Waals surface area contributed by atoms with Gasteiger partial charge >= 0.3 is 0 Å². The Morgan fingerprint density at radius 3 is 2.79 bits per heavy atom. The monoisotopic (exact) mass is 515 g/mol. The number of rotatable bonds is 7. The Morgan fingerprint density at radius 2 is 1.97 bits per heavy atom. The molecule has 0 fully saturated rings. The lowest BCUT2D eigenvalue weighted by molar-refractivity contribution is 0.0510. The number of aliphatic hydroxyl groups excluding tert-OH is 1. The van der Waals surface area contributed by atoms with Crippen LogP contribution in [0, 0.1) is 11.3 Å². The van der Waals surface area contributed by atoms with Crippen molar-refractivity contribution in [3.05, 3.63) is 94.2 Å². The summed E-state index contributed by atoms with van der Waals surface area (Å²) in [5.41, 5.74) is 3.04. The summed E-state index contributed by atoms with van der Waals surface area (Å²) in [6.45, 7) is 10.0. The van der Waals surface area contributed by atoms with E-state index in [4.69, 9.17) is 0 Å². The van der Waals surface area contributed by atoms with Gasteiger partial charge in [0.25, 0.3) is 11.5 Å². The van der Waals surface area contributed by atoms with Crippen LogP contribution in [-0.2, 0) is 13.1 Å². The zero-order valence-electron chi connectivity index (χ0n) is 22.5. The number of nitrogens with zero attached hydrogens (tertiary/aromatic N) is 2. The zero-order valence-corrected chi connectivity index (χ0v) is 22.5. The number of nitrogens with one attached hydrogen (secondary N) is 3. The lowest BCUT2D eigenvalue weighted by Crippen LogP contribution is -2.43. The maximum absolute atomic E-state index is 12.6. The van der Waals surface area contributed by atoms with Crippen LogP contribution >= 0.6 is 0 Å². The van der Waals surface area contributed by atoms with Crippen molar-refractivity contribution in [2.45, 2.75) is 53.3 Å². The highest BCUT2D eigenvalue weighted by Crippen LogP contribution is 2.34. The van der Waals surface area contributed by atoms with Gasteiger partial charge in [-0.1, -0.05) is 58.0 Å². The highest BCUT2D eigenvalue weighted by Gasteiger charge is 2.35. The van der Waals surface area contributed by atoms with Crippen molar-refractivity contribution in [2.75, 3.05) is 6.54 Å². The van der Waals surface area contributed by atoms with Crippen LogP contribution in [0.2, 0.25) is 0 Å². The quantitative estimate of drug-likeness (QED) is 0.276. The van der Waals surface area contributed by atoms with Crippen molar-refractivity contribution in [3.8, 4) is 0 Å². The third kappa shape index (κ3) is 6.03. The third-order valence-corrected chi connectivity index (χ3v) is 6.97. The largest absolute Gasteiger partial charge is 0.388 e. The van der Waals surface area contributed by atoms with Crippen LogP contribution in [0.3, 0.4) is 0 Å². The van der Waals surface area contributed by atoms with Crippen LogP contribution in [0.5, 0.6) is 0 Å². The van der Waals surface area contributed by atoms with Crippen molar-refractivity contribution in [3.63, 3.8) is 0 Å². The molecule has 0 radical (unpaired) electrons. The Hall–Kier alpha value is -3.75. The maximum atomic E-state index is 12.6. The second kappa shape index (κ2) is 11.8. The molecule has 0 saturated heterocycles. The first-order valence-electron chi connectivity index (χ1n) is 13.2. The standard InChI is InChI=1S/C28H31N5O3.C2H6/c1-18-6-9-24(34)28(2,14-18)17-29-16-21-12-20-8-7-19(11-22(20)31-21)15-30-27(36)23-13-26(35)33-10-4-3-5-25(33)32-23;1-2/h3-13,18,24,29,31,34H,14-17H2,1-2H3,(H,30,36);1-2H3/t18-,24+,28+;/m1./s1. The number of hydrogen-bond donors (Lipinski definition) is 4. The fraction of sp³-hybridized carbons (Fsp3) is 0.367. The molecule has 3 atom stereocenters. The number of aliphatic hydroxyl groups is 1. The average Bonchev–Trinajstić information content (AvgIpc) is 3.32. The number of carbonyl (C=O) groups excluding carboxylic acids is 1. The molecule has 200 valence electrons. The summed E-state index contributed by atoms with van der Waals surface area (Å²) >= 11 is 0. The molecule has 0 aliphatic heterocycles. The van der Waals surface area contributed by atoms with Gasteiger partial charge < -0.3 is 20.7 Å². The molecule has 3 aromatic heterocycles. The number of carbonyl (C=O) groups is 1. The van der Waals surface area contributed by atoms with E-state index in [1.807, 2.05) is 38.1 Å². The van der Waals surface area contributed by atoms with Crippen LogP contribution < -0.4 is 16.2 Å². The Bertz CT molecular complexity index is 1500. The highest BCUT2D eigenvalue weighted by molar-refractivity contribution is 5.92. The Balaban J connectivity index is 0.00000164. The van der Waals surface area contributed by atoms with E-state index in [9.17, 15) is 14.7 Å². The van der Waals surface area contributed by atoms with Gasteiger partial charge in [0.05, 0.1) is 6.10 Å². The molecule has 1 amide bonds. The van der Waals surface area contributed by atoms with Crippen molar-refractivity contribution in [1.82, 2.24) is 25.0 Å². The van der Waals surface area contributed by atoms with Crippen molar-refractivity contribution >= 4 is 22.5 Å². The fourth-order valence-electron chi connectivity index (χ4n) is 4.99. The van der Waals surface area contributed by atoms with Gasteiger partial charge in [-0.3, -0.25) is 14.0 Å². The van der Waals surface area contributed by atoms with Gasteiger partial charge in [0.15, 0.2) is 0 Å². The number of fused-ring (bicyclic) bond motifs is 2. The molecule has 8 heteroatoms. The molecule has 1 aliphatic rings. The SMILES string of the molecule is CC.C[C@@H]1C=C[C@H](O)[C@](C)(CNCc2cc3ccc(CNC(=O)c4cc(=O)n5ccccc5n4)cc3[nH]2)C1. The number of pyridine rings is 1. The number of allylic oxidation sites excluding steroid dienone is 1. The summed E-state index contributed by atoms with van der Waals surface area (Å²) < 4.78 is 1.40. The van der Waals surface area contributed by atoms with Gasteiger partial charge in [0, 0.05) is 48.5 Å². The van der Waals surface area contributed by atoms with E-state index in [0.29, 0.717) is 24.7 Å². The van der Waals surface area contributed by atoms with E-state index < -0.39 is 12.0 Å². The molecule has 4 aromatic rings. The molecule has 0 bridgehead atoms. The van der Waals surface area contributed by atoms with E-state index in [2.05, 4.69) is 46.6 Å². The minimum Gasteiger partial charge on any atom is -0.388 e. The molecule has 38 heavy (non-hydrogen) atoms. The fourth-order valence-corrected chi connectivity index (χ4v) is 4.99. The second-order valence-corrected chi connectivity index (χ2v) is 10.1. The number of aromatic nitrogens is 3. The van der Waals surface area contributed by atoms with Gasteiger partial charge in [-0.15, -0.1) is 0 Å². The normalized spacial score (nSPS) is 20.8. The van der Waals surface area contributed by atoms with Crippen LogP contribution in [0.1, 0.15) is 55.9 Å². The van der Waals surface area contributed by atoms with Crippen molar-refractivity contribution in [2.24, 2.45) is 11.3 Å². The number of H-pyrrole nitrogens is 1. The Morgan fingerprint density at radius 1 is 1.16 bits per heavy atom. The predicted molar refractivity (Wildman–Crippen MR) is 151 cm³/mol. The highest BCUT2D eigenvalue weighted by atomic mass is 16.3. The van der Waals surface area contributed by atoms with E-state index in [1.54, 1.807) is 24.4 Å². The lowest BCUT2D eigenvalue weighted by atomic mass is 9.73. The molecule has 0 unspecified atom stereocenters. The summed E-state index contributed by atoms with van der Waals surface area (Å²) in [5, 5.41) is 17.9. The summed E-state index contributed by atoms with van der Waals surface area (Å²) in [5.74, 6) is 0.0722. The smallest absolute Gasteiger partial charge is 0.270 e. The van der Waals surface area contributed by atoms with E-state index in [0.717, 1.165) is 35.1 Å². The number of amides is 1. The van der Waals surface area contributed by atoms with Crippen LogP contribution in [-0.4, -0.2) is 38.0 Å². The van der Waals surface area contributed by atoms with Gasteiger partial charge in [-0.05, 0) is 47.6 Å². The average molecular weight is 516 g/mol. The topological polar surface area (TPSA) is 112 Å². The second-order valence-electron chi connectivity index (χ2n) is 10.1. The molecule has 8 nitrogen and oxygen atoms in total. The van der Waals surface area contributed by atoms with E-state index in [1.165, 1.54) is 10.5 Å². The minimum absolute atomic E-state index is 0.0992. The molecule has 1 aliphatic carbocycles. The first-order chi connectivity index (χ1) is 18.3. The number of aromatic amines is 1. The van der Waals surface area contributed by atoms with Crippen LogP contribution in [0.25, 0.3) is 16.6 Å².